The lowest BCUT2D eigenvalue weighted by Gasteiger charge is -2.17. The molecule has 0 spiro atoms. The monoisotopic (exact) mass is 345 g/mol. The number of hydrogen-bond donors (Lipinski definition) is 1. The summed E-state index contributed by atoms with van der Waals surface area (Å²) in [7, 11) is 0. The SMILES string of the molecule is Cc1cn(-c2ccc(OCCC(C)(C)O)cc2)c2c(Cl)ncnc12. The molecule has 0 radical (unpaired) electrons. The van der Waals surface area contributed by atoms with E-state index in [-0.39, 0.29) is 0 Å². The molecule has 0 saturated heterocycles. The highest BCUT2D eigenvalue weighted by molar-refractivity contribution is 6.33. The van der Waals surface area contributed by atoms with E-state index >= 15 is 0 Å². The van der Waals surface area contributed by atoms with E-state index in [9.17, 15) is 5.11 Å². The van der Waals surface area contributed by atoms with Crippen LogP contribution in [0.5, 0.6) is 5.75 Å². The van der Waals surface area contributed by atoms with Gasteiger partial charge in [0.25, 0.3) is 0 Å². The fraction of sp³-hybridized carbons (Fsp3) is 0.333. The molecule has 24 heavy (non-hydrogen) atoms. The highest BCUT2D eigenvalue weighted by Crippen LogP contribution is 2.28. The molecule has 0 aliphatic rings. The first-order chi connectivity index (χ1) is 11.3. The fourth-order valence-electron chi connectivity index (χ4n) is 2.50. The lowest BCUT2D eigenvalue weighted by Crippen LogP contribution is -2.21. The molecule has 3 rings (SSSR count). The number of aryl methyl sites for hydroxylation is 1. The van der Waals surface area contributed by atoms with Crippen molar-refractivity contribution in [3.05, 3.63) is 47.5 Å². The molecule has 5 nitrogen and oxygen atoms in total. The molecule has 3 aromatic rings. The van der Waals surface area contributed by atoms with Gasteiger partial charge in [0.2, 0.25) is 0 Å². The number of benzene rings is 1. The molecule has 0 aliphatic heterocycles. The first kappa shape index (κ1) is 16.7. The zero-order valence-electron chi connectivity index (χ0n) is 14.0. The van der Waals surface area contributed by atoms with Crippen molar-refractivity contribution < 1.29 is 9.84 Å². The quantitative estimate of drug-likeness (QED) is 0.712. The molecule has 0 fully saturated rings. The molecule has 0 saturated carbocycles. The summed E-state index contributed by atoms with van der Waals surface area (Å²) < 4.78 is 7.65. The lowest BCUT2D eigenvalue weighted by molar-refractivity contribution is 0.0553. The van der Waals surface area contributed by atoms with Gasteiger partial charge in [-0.05, 0) is 50.6 Å². The number of halogens is 1. The second-order valence-corrected chi connectivity index (χ2v) is 6.81. The standard InChI is InChI=1S/C18H20ClN3O2/c1-12-10-22(16-15(12)20-11-21-17(16)19)13-4-6-14(7-5-13)24-9-8-18(2,3)23/h4-7,10-11,23H,8-9H2,1-3H3. The Morgan fingerprint density at radius 2 is 1.92 bits per heavy atom. The van der Waals surface area contributed by atoms with Crippen molar-refractivity contribution in [3.63, 3.8) is 0 Å². The Labute approximate surface area is 145 Å². The Bertz CT molecular complexity index is 851. The van der Waals surface area contributed by atoms with Gasteiger partial charge in [0, 0.05) is 18.3 Å². The first-order valence-corrected chi connectivity index (χ1v) is 8.17. The Morgan fingerprint density at radius 3 is 2.58 bits per heavy atom. The predicted molar refractivity (Wildman–Crippen MR) is 95.0 cm³/mol. The second-order valence-electron chi connectivity index (χ2n) is 6.45. The Balaban J connectivity index is 1.84. The third-order valence-electron chi connectivity index (χ3n) is 3.81. The minimum Gasteiger partial charge on any atom is -0.493 e. The van der Waals surface area contributed by atoms with E-state index in [4.69, 9.17) is 16.3 Å². The maximum atomic E-state index is 9.71. The number of nitrogens with zero attached hydrogens (tertiary/aromatic N) is 3. The van der Waals surface area contributed by atoms with Crippen LogP contribution in [0.15, 0.2) is 36.8 Å². The van der Waals surface area contributed by atoms with Gasteiger partial charge >= 0.3 is 0 Å². The van der Waals surface area contributed by atoms with Gasteiger partial charge in [-0.15, -0.1) is 0 Å². The van der Waals surface area contributed by atoms with Crippen LogP contribution >= 0.6 is 11.6 Å². The number of rotatable bonds is 5. The third kappa shape index (κ3) is 3.52. The summed E-state index contributed by atoms with van der Waals surface area (Å²) in [4.78, 5) is 8.38. The molecule has 0 atom stereocenters. The highest BCUT2D eigenvalue weighted by atomic mass is 35.5. The zero-order chi connectivity index (χ0) is 17.3. The van der Waals surface area contributed by atoms with Gasteiger partial charge in [-0.3, -0.25) is 0 Å². The van der Waals surface area contributed by atoms with Crippen LogP contribution in [0, 0.1) is 6.92 Å². The van der Waals surface area contributed by atoms with E-state index in [1.165, 1.54) is 6.33 Å². The number of aromatic nitrogens is 3. The van der Waals surface area contributed by atoms with Crippen molar-refractivity contribution in [2.75, 3.05) is 6.61 Å². The largest absolute Gasteiger partial charge is 0.493 e. The van der Waals surface area contributed by atoms with Gasteiger partial charge in [-0.1, -0.05) is 11.6 Å². The van der Waals surface area contributed by atoms with Crippen molar-refractivity contribution in [3.8, 4) is 11.4 Å². The van der Waals surface area contributed by atoms with Crippen LogP contribution in [-0.4, -0.2) is 31.8 Å². The van der Waals surface area contributed by atoms with Crippen LogP contribution in [0.3, 0.4) is 0 Å². The van der Waals surface area contributed by atoms with Crippen LogP contribution in [0.25, 0.3) is 16.7 Å². The molecule has 6 heteroatoms. The van der Waals surface area contributed by atoms with Crippen LogP contribution in [0.2, 0.25) is 5.15 Å². The van der Waals surface area contributed by atoms with E-state index in [1.54, 1.807) is 13.8 Å². The van der Waals surface area contributed by atoms with Crippen molar-refractivity contribution in [1.82, 2.24) is 14.5 Å². The summed E-state index contributed by atoms with van der Waals surface area (Å²) in [6.07, 6.45) is 4.04. The minimum atomic E-state index is -0.724. The van der Waals surface area contributed by atoms with E-state index in [1.807, 2.05) is 42.0 Å². The van der Waals surface area contributed by atoms with Gasteiger partial charge in [0.15, 0.2) is 5.15 Å². The third-order valence-corrected chi connectivity index (χ3v) is 4.09. The van der Waals surface area contributed by atoms with Crippen LogP contribution < -0.4 is 4.74 Å². The summed E-state index contributed by atoms with van der Waals surface area (Å²) in [6, 6.07) is 7.72. The average Bonchev–Trinajstić information content (AvgIpc) is 2.85. The summed E-state index contributed by atoms with van der Waals surface area (Å²) >= 11 is 6.25. The maximum absolute atomic E-state index is 9.71. The topological polar surface area (TPSA) is 60.2 Å². The summed E-state index contributed by atoms with van der Waals surface area (Å²) in [5.41, 5.74) is 2.92. The van der Waals surface area contributed by atoms with Gasteiger partial charge in [0.05, 0.1) is 17.7 Å². The van der Waals surface area contributed by atoms with Crippen molar-refractivity contribution in [2.45, 2.75) is 32.8 Å². The van der Waals surface area contributed by atoms with Gasteiger partial charge in [0.1, 0.15) is 17.6 Å². The predicted octanol–water partition coefficient (Wildman–Crippen LogP) is 3.92. The smallest absolute Gasteiger partial charge is 0.157 e. The molecule has 2 heterocycles. The fourth-order valence-corrected chi connectivity index (χ4v) is 2.73. The highest BCUT2D eigenvalue weighted by Gasteiger charge is 2.13. The number of ether oxygens (including phenoxy) is 1. The second kappa shape index (κ2) is 6.42. The van der Waals surface area contributed by atoms with E-state index < -0.39 is 5.60 Å². The number of fused-ring (bicyclic) bond motifs is 1. The Kier molecular flexibility index (Phi) is 4.47. The normalized spacial score (nSPS) is 11.9. The molecule has 0 aliphatic carbocycles. The van der Waals surface area contributed by atoms with Crippen molar-refractivity contribution in [1.29, 1.82) is 0 Å². The van der Waals surface area contributed by atoms with Crippen LogP contribution in [0.4, 0.5) is 0 Å². The van der Waals surface area contributed by atoms with Gasteiger partial charge in [-0.2, -0.15) is 0 Å². The van der Waals surface area contributed by atoms with E-state index in [0.29, 0.717) is 18.2 Å². The van der Waals surface area contributed by atoms with E-state index in [2.05, 4.69) is 9.97 Å². The molecule has 2 aromatic heterocycles. The zero-order valence-corrected chi connectivity index (χ0v) is 14.7. The number of hydrogen-bond acceptors (Lipinski definition) is 4. The molecular weight excluding hydrogens is 326 g/mol. The average molecular weight is 346 g/mol. The molecule has 1 aromatic carbocycles. The van der Waals surface area contributed by atoms with Gasteiger partial charge < -0.3 is 14.4 Å². The molecule has 126 valence electrons. The summed E-state index contributed by atoms with van der Waals surface area (Å²) in [5, 5.41) is 10.1. The van der Waals surface area contributed by atoms with Crippen molar-refractivity contribution in [2.24, 2.45) is 0 Å². The molecule has 0 amide bonds. The molecule has 0 unspecified atom stereocenters. The van der Waals surface area contributed by atoms with Gasteiger partial charge in [-0.25, -0.2) is 9.97 Å². The maximum Gasteiger partial charge on any atom is 0.157 e. The van der Waals surface area contributed by atoms with Crippen LogP contribution in [0.1, 0.15) is 25.8 Å². The first-order valence-electron chi connectivity index (χ1n) is 7.79. The molecular formula is C18H20ClN3O2. The Hall–Kier alpha value is -2.11. The molecule has 1 N–H and O–H groups in total. The van der Waals surface area contributed by atoms with E-state index in [0.717, 1.165) is 28.0 Å². The minimum absolute atomic E-state index is 0.429. The molecule has 0 bridgehead atoms. The number of aliphatic hydroxyl groups is 1. The lowest BCUT2D eigenvalue weighted by atomic mass is 10.1. The van der Waals surface area contributed by atoms with Crippen molar-refractivity contribution >= 4 is 22.6 Å². The van der Waals surface area contributed by atoms with Crippen LogP contribution in [-0.2, 0) is 0 Å². The summed E-state index contributed by atoms with van der Waals surface area (Å²) in [5.74, 6) is 0.763. The summed E-state index contributed by atoms with van der Waals surface area (Å²) in [6.45, 7) is 6.00. The Morgan fingerprint density at radius 1 is 1.21 bits per heavy atom.